The van der Waals surface area contributed by atoms with Crippen LogP contribution in [0.3, 0.4) is 0 Å². The summed E-state index contributed by atoms with van der Waals surface area (Å²) in [5.41, 5.74) is 7.05. The quantitative estimate of drug-likeness (QED) is 0.234. The smallest absolute Gasteiger partial charge is 0.344 e. The van der Waals surface area contributed by atoms with E-state index in [9.17, 15) is 14.7 Å². The summed E-state index contributed by atoms with van der Waals surface area (Å²) in [7, 11) is 0. The highest BCUT2D eigenvalue weighted by Crippen LogP contribution is 2.40. The second-order valence-corrected chi connectivity index (χ2v) is 10.9. The Labute approximate surface area is 233 Å². The van der Waals surface area contributed by atoms with E-state index in [4.69, 9.17) is 16.3 Å². The number of aromatic nitrogens is 1. The first-order chi connectivity index (χ1) is 18.6. The molecule has 1 saturated carbocycles. The van der Waals surface area contributed by atoms with Crippen molar-refractivity contribution in [3.63, 3.8) is 0 Å². The van der Waals surface area contributed by atoms with Crippen molar-refractivity contribution in [3.05, 3.63) is 99.2 Å². The molecule has 1 amide bonds. The molecule has 0 aliphatic heterocycles. The van der Waals surface area contributed by atoms with Crippen LogP contribution in [0.1, 0.15) is 77.0 Å². The average molecular weight is 545 g/mol. The Hall–Kier alpha value is -3.77. The van der Waals surface area contributed by atoms with Gasteiger partial charge in [0.05, 0.1) is 11.1 Å². The molecular weight excluding hydrogens is 512 g/mol. The maximum absolute atomic E-state index is 13.2. The van der Waals surface area contributed by atoms with Crippen molar-refractivity contribution in [1.82, 2.24) is 9.88 Å². The van der Waals surface area contributed by atoms with Gasteiger partial charge in [0.15, 0.2) is 6.10 Å². The van der Waals surface area contributed by atoms with Crippen molar-refractivity contribution in [1.29, 1.82) is 0 Å². The molecule has 0 bridgehead atoms. The maximum atomic E-state index is 13.2. The zero-order valence-electron chi connectivity index (χ0n) is 22.6. The highest BCUT2D eigenvalue weighted by atomic mass is 35.5. The van der Waals surface area contributed by atoms with E-state index in [1.165, 1.54) is 25.3 Å². The van der Waals surface area contributed by atoms with Gasteiger partial charge in [0.25, 0.3) is 5.91 Å². The number of aliphatic carboxylic acids is 1. The number of rotatable bonds is 9. The van der Waals surface area contributed by atoms with Gasteiger partial charge < -0.3 is 19.7 Å². The highest BCUT2D eigenvalue weighted by molar-refractivity contribution is 6.32. The summed E-state index contributed by atoms with van der Waals surface area (Å²) in [5.74, 6) is -0.152. The lowest BCUT2D eigenvalue weighted by atomic mass is 10.0. The van der Waals surface area contributed by atoms with Crippen LogP contribution in [0, 0.1) is 13.8 Å². The highest BCUT2D eigenvalue weighted by Gasteiger charge is 2.24. The van der Waals surface area contributed by atoms with Crippen LogP contribution in [0.25, 0.3) is 10.9 Å². The number of nitrogens with one attached hydrogen (secondary N) is 1. The van der Waals surface area contributed by atoms with E-state index in [1.54, 1.807) is 6.07 Å². The summed E-state index contributed by atoms with van der Waals surface area (Å²) in [6.45, 7) is 8.07. The third-order valence-electron chi connectivity index (χ3n) is 7.73. The molecule has 202 valence electrons. The molecule has 1 aromatic heterocycles. The lowest BCUT2D eigenvalue weighted by Crippen LogP contribution is -2.26. The number of hydrogen-bond donors (Lipinski definition) is 2. The Balaban J connectivity index is 1.38. The Bertz CT molecular complexity index is 1570. The number of carboxylic acid groups (broad SMARTS) is 1. The standard InChI is InChI=1S/C32H33ClN2O4/c1-18-20(3)35(17-26-9-6-10-29(30(26)33)39-21(4)32(37)38)28-14-13-25(16-27(18)28)31(36)34-19(2)23-7-5-8-24(15-23)22-11-12-22/h5-10,13-16,19,21-22H,11-12,17H2,1-4H3,(H,34,36)(H,37,38)/t19-,21?/m0/s1. The molecule has 6 nitrogen and oxygen atoms in total. The molecule has 3 aromatic carbocycles. The number of carboxylic acids is 1. The van der Waals surface area contributed by atoms with E-state index < -0.39 is 12.1 Å². The van der Waals surface area contributed by atoms with Gasteiger partial charge in [0.1, 0.15) is 5.75 Å². The van der Waals surface area contributed by atoms with Gasteiger partial charge in [0, 0.05) is 28.7 Å². The van der Waals surface area contributed by atoms with Crippen LogP contribution in [0.4, 0.5) is 0 Å². The largest absolute Gasteiger partial charge is 0.479 e. The fourth-order valence-corrected chi connectivity index (χ4v) is 5.27. The predicted octanol–water partition coefficient (Wildman–Crippen LogP) is 7.18. The van der Waals surface area contributed by atoms with Crippen LogP contribution in [-0.4, -0.2) is 27.7 Å². The Morgan fingerprint density at radius 3 is 2.54 bits per heavy atom. The van der Waals surface area contributed by atoms with Gasteiger partial charge in [-0.3, -0.25) is 4.79 Å². The number of carbonyl (C=O) groups is 2. The topological polar surface area (TPSA) is 80.6 Å². The molecular formula is C32H33ClN2O4. The lowest BCUT2D eigenvalue weighted by Gasteiger charge is -2.16. The van der Waals surface area contributed by atoms with E-state index in [2.05, 4.69) is 41.1 Å². The number of benzene rings is 3. The number of halogens is 1. The van der Waals surface area contributed by atoms with E-state index in [1.807, 2.05) is 44.2 Å². The number of hydrogen-bond acceptors (Lipinski definition) is 3. The molecule has 7 heteroatoms. The summed E-state index contributed by atoms with van der Waals surface area (Å²) in [5, 5.41) is 13.8. The zero-order valence-corrected chi connectivity index (χ0v) is 23.4. The third kappa shape index (κ3) is 5.52. The van der Waals surface area contributed by atoms with Gasteiger partial charge in [-0.1, -0.05) is 48.0 Å². The van der Waals surface area contributed by atoms with Crippen LogP contribution < -0.4 is 10.1 Å². The van der Waals surface area contributed by atoms with Crippen LogP contribution in [0.5, 0.6) is 5.75 Å². The average Bonchev–Trinajstić information content (AvgIpc) is 3.75. The zero-order chi connectivity index (χ0) is 27.8. The van der Waals surface area contributed by atoms with Crippen LogP contribution in [0.2, 0.25) is 5.02 Å². The van der Waals surface area contributed by atoms with Gasteiger partial charge in [-0.2, -0.15) is 0 Å². The molecule has 4 aromatic rings. The minimum atomic E-state index is -1.06. The molecule has 2 atom stereocenters. The first-order valence-corrected chi connectivity index (χ1v) is 13.7. The molecule has 0 saturated heterocycles. The van der Waals surface area contributed by atoms with Crippen molar-refractivity contribution in [2.24, 2.45) is 0 Å². The summed E-state index contributed by atoms with van der Waals surface area (Å²) >= 11 is 6.63. The molecule has 1 heterocycles. The van der Waals surface area contributed by atoms with Crippen molar-refractivity contribution in [3.8, 4) is 5.75 Å². The van der Waals surface area contributed by atoms with Crippen molar-refractivity contribution in [2.75, 3.05) is 0 Å². The van der Waals surface area contributed by atoms with Gasteiger partial charge in [-0.25, -0.2) is 4.79 Å². The van der Waals surface area contributed by atoms with E-state index >= 15 is 0 Å². The summed E-state index contributed by atoms with van der Waals surface area (Å²) < 4.78 is 7.71. The number of aryl methyl sites for hydroxylation is 1. The predicted molar refractivity (Wildman–Crippen MR) is 154 cm³/mol. The molecule has 1 fully saturated rings. The summed E-state index contributed by atoms with van der Waals surface area (Å²) in [4.78, 5) is 24.5. The Morgan fingerprint density at radius 2 is 1.82 bits per heavy atom. The molecule has 2 N–H and O–H groups in total. The van der Waals surface area contributed by atoms with Gasteiger partial charge in [0.2, 0.25) is 0 Å². The van der Waals surface area contributed by atoms with E-state index in [0.717, 1.165) is 33.3 Å². The van der Waals surface area contributed by atoms with Crippen LogP contribution in [0.15, 0.2) is 60.7 Å². The van der Waals surface area contributed by atoms with Crippen LogP contribution >= 0.6 is 11.6 Å². The third-order valence-corrected chi connectivity index (χ3v) is 8.16. The number of nitrogens with zero attached hydrogens (tertiary/aromatic N) is 1. The van der Waals surface area contributed by atoms with Gasteiger partial charge in [-0.15, -0.1) is 0 Å². The SMILES string of the molecule is Cc1c(C)n(Cc2cccc(OC(C)C(=O)O)c2Cl)c2ccc(C(=O)N[C@@H](C)c3cccc(C4CC4)c3)cc12. The first kappa shape index (κ1) is 26.8. The normalized spacial score (nSPS) is 14.7. The second kappa shape index (κ2) is 10.8. The maximum Gasteiger partial charge on any atom is 0.344 e. The number of fused-ring (bicyclic) bond motifs is 1. The monoisotopic (exact) mass is 544 g/mol. The minimum Gasteiger partial charge on any atom is -0.479 e. The fraction of sp³-hybridized carbons (Fsp3) is 0.312. The molecule has 5 rings (SSSR count). The van der Waals surface area contributed by atoms with Crippen molar-refractivity contribution < 1.29 is 19.4 Å². The van der Waals surface area contributed by atoms with Gasteiger partial charge >= 0.3 is 5.97 Å². The van der Waals surface area contributed by atoms with Crippen LogP contribution in [-0.2, 0) is 11.3 Å². The van der Waals surface area contributed by atoms with Gasteiger partial charge in [-0.05, 0) is 93.0 Å². The molecule has 1 unspecified atom stereocenters. The number of amides is 1. The van der Waals surface area contributed by atoms with E-state index in [0.29, 0.717) is 28.8 Å². The Morgan fingerprint density at radius 1 is 1.08 bits per heavy atom. The number of carbonyl (C=O) groups excluding carboxylic acids is 1. The summed E-state index contributed by atoms with van der Waals surface area (Å²) in [6, 6.07) is 19.6. The first-order valence-electron chi connectivity index (χ1n) is 13.3. The molecule has 39 heavy (non-hydrogen) atoms. The molecule has 0 radical (unpaired) electrons. The fourth-order valence-electron chi connectivity index (χ4n) is 5.04. The van der Waals surface area contributed by atoms with Crippen molar-refractivity contribution in [2.45, 2.75) is 65.1 Å². The van der Waals surface area contributed by atoms with E-state index in [-0.39, 0.29) is 11.9 Å². The minimum absolute atomic E-state index is 0.0974. The molecule has 1 aliphatic carbocycles. The molecule has 0 spiro atoms. The van der Waals surface area contributed by atoms with Crippen molar-refractivity contribution >= 4 is 34.4 Å². The number of ether oxygens (including phenoxy) is 1. The summed E-state index contributed by atoms with van der Waals surface area (Å²) in [6.07, 6.45) is 1.49. The second-order valence-electron chi connectivity index (χ2n) is 10.5. The lowest BCUT2D eigenvalue weighted by molar-refractivity contribution is -0.144. The Kier molecular flexibility index (Phi) is 7.41. The molecule has 1 aliphatic rings.